The first-order valence-corrected chi connectivity index (χ1v) is 9.07. The molecule has 2 heterocycles. The first-order chi connectivity index (χ1) is 15.1. The molecule has 0 aliphatic carbocycles. The van der Waals surface area contributed by atoms with Gasteiger partial charge in [-0.3, -0.25) is 0 Å². The summed E-state index contributed by atoms with van der Waals surface area (Å²) in [5, 5.41) is 21.3. The van der Waals surface area contributed by atoms with Crippen LogP contribution in [0, 0.1) is 11.6 Å². The van der Waals surface area contributed by atoms with Gasteiger partial charge in [-0.2, -0.15) is 8.78 Å². The minimum absolute atomic E-state index is 0.0454. The first-order valence-electron chi connectivity index (χ1n) is 9.07. The molecule has 166 valence electrons. The Morgan fingerprint density at radius 2 is 1.78 bits per heavy atom. The number of nitrogens with zero attached hydrogens (tertiary/aromatic N) is 5. The third kappa shape index (κ3) is 3.66. The number of alkyl halides is 4. The average Bonchev–Trinajstić information content (AvgIpc) is 3.25. The topological polar surface area (TPSA) is 76.7 Å². The molecule has 0 amide bonds. The Bertz CT molecular complexity index is 1270. The quantitative estimate of drug-likeness (QED) is 0.445. The Morgan fingerprint density at radius 1 is 1.00 bits per heavy atom. The number of hydrogen-bond acceptors (Lipinski definition) is 5. The predicted molar refractivity (Wildman–Crippen MR) is 98.7 cm³/mol. The number of aliphatic hydroxyl groups is 1. The van der Waals surface area contributed by atoms with Crippen molar-refractivity contribution in [3.05, 3.63) is 83.3 Å². The molecule has 0 fully saturated rings. The van der Waals surface area contributed by atoms with Crippen LogP contribution in [0.25, 0.3) is 10.9 Å². The van der Waals surface area contributed by atoms with Crippen LogP contribution in [-0.4, -0.2) is 30.3 Å². The Balaban J connectivity index is 1.86. The van der Waals surface area contributed by atoms with Crippen LogP contribution in [0.1, 0.15) is 23.2 Å². The van der Waals surface area contributed by atoms with Crippen LogP contribution in [0.4, 0.5) is 26.3 Å². The Kier molecular flexibility index (Phi) is 5.33. The fourth-order valence-electron chi connectivity index (χ4n) is 3.33. The molecule has 0 aliphatic heterocycles. The van der Waals surface area contributed by atoms with E-state index in [4.69, 9.17) is 0 Å². The van der Waals surface area contributed by atoms with Gasteiger partial charge in [0, 0.05) is 22.6 Å². The van der Waals surface area contributed by atoms with E-state index in [2.05, 4.69) is 20.5 Å². The maximum absolute atomic E-state index is 15.7. The van der Waals surface area contributed by atoms with Crippen LogP contribution < -0.4 is 0 Å². The molecular weight excluding hydrogens is 440 g/mol. The number of aromatic nitrogens is 5. The van der Waals surface area contributed by atoms with Crippen molar-refractivity contribution >= 4 is 10.9 Å². The second-order valence-electron chi connectivity index (χ2n) is 7.02. The van der Waals surface area contributed by atoms with Gasteiger partial charge in [0.25, 0.3) is 6.43 Å². The van der Waals surface area contributed by atoms with Gasteiger partial charge in [0.05, 0.1) is 12.1 Å². The summed E-state index contributed by atoms with van der Waals surface area (Å²) in [6.45, 7) is -1.00. The van der Waals surface area contributed by atoms with E-state index in [1.54, 1.807) is 0 Å². The van der Waals surface area contributed by atoms with Crippen molar-refractivity contribution in [1.29, 1.82) is 0 Å². The molecule has 1 atom stereocenters. The van der Waals surface area contributed by atoms with E-state index >= 15 is 8.78 Å². The lowest BCUT2D eigenvalue weighted by Crippen LogP contribution is -2.48. The number of tetrazole rings is 1. The molecule has 32 heavy (non-hydrogen) atoms. The van der Waals surface area contributed by atoms with E-state index in [1.165, 1.54) is 0 Å². The smallest absolute Gasteiger partial charge is 0.323 e. The lowest BCUT2D eigenvalue weighted by atomic mass is 9.84. The first kappa shape index (κ1) is 21.7. The molecule has 0 saturated carbocycles. The SMILES string of the molecule is OC(Cn1cnnn1)(c1ccc(F)cc1F)C(F)(F)c1ccc2cc(C(F)F)ccc2n1. The summed E-state index contributed by atoms with van der Waals surface area (Å²) in [6.07, 6.45) is -1.83. The molecule has 2 aromatic carbocycles. The Labute approximate surface area is 176 Å². The lowest BCUT2D eigenvalue weighted by molar-refractivity contribution is -0.207. The number of fused-ring (bicyclic) bond motifs is 1. The van der Waals surface area contributed by atoms with Crippen LogP contribution in [0.3, 0.4) is 0 Å². The van der Waals surface area contributed by atoms with Gasteiger partial charge in [-0.15, -0.1) is 5.10 Å². The molecule has 1 unspecified atom stereocenters. The number of rotatable bonds is 6. The molecule has 0 aliphatic rings. The summed E-state index contributed by atoms with van der Waals surface area (Å²) in [5.74, 6) is -6.69. The van der Waals surface area contributed by atoms with Crippen molar-refractivity contribution < 1.29 is 31.4 Å². The summed E-state index contributed by atoms with van der Waals surface area (Å²) >= 11 is 0. The summed E-state index contributed by atoms with van der Waals surface area (Å²) in [4.78, 5) is 3.80. The van der Waals surface area contributed by atoms with Gasteiger partial charge < -0.3 is 5.11 Å². The molecular formula is C20H13F6N5O. The summed E-state index contributed by atoms with van der Waals surface area (Å²) in [6, 6.07) is 7.01. The third-order valence-electron chi connectivity index (χ3n) is 4.97. The van der Waals surface area contributed by atoms with Gasteiger partial charge in [-0.1, -0.05) is 12.1 Å². The van der Waals surface area contributed by atoms with Crippen molar-refractivity contribution in [3.63, 3.8) is 0 Å². The summed E-state index contributed by atoms with van der Waals surface area (Å²) in [7, 11) is 0. The standard InChI is InChI=1S/C20H13F6N5O/c21-13-3-4-14(15(22)8-13)19(32,9-31-10-27-29-30-31)20(25,26)17-6-2-11-7-12(18(23)24)1-5-16(11)28-17/h1-8,10,18,32H,9H2. The van der Waals surface area contributed by atoms with Crippen LogP contribution >= 0.6 is 0 Å². The van der Waals surface area contributed by atoms with Crippen LogP contribution in [0.2, 0.25) is 0 Å². The molecule has 4 aromatic rings. The van der Waals surface area contributed by atoms with Gasteiger partial charge in [0.2, 0.25) is 0 Å². The monoisotopic (exact) mass is 453 g/mol. The normalized spacial score (nSPS) is 14.1. The van der Waals surface area contributed by atoms with Crippen molar-refractivity contribution in [3.8, 4) is 0 Å². The molecule has 0 bridgehead atoms. The number of halogens is 6. The molecule has 0 saturated heterocycles. The fraction of sp³-hybridized carbons (Fsp3) is 0.200. The van der Waals surface area contributed by atoms with Crippen LogP contribution in [-0.2, 0) is 18.1 Å². The molecule has 6 nitrogen and oxygen atoms in total. The number of hydrogen-bond donors (Lipinski definition) is 1. The summed E-state index contributed by atoms with van der Waals surface area (Å²) in [5.41, 5.74) is -5.52. The van der Waals surface area contributed by atoms with E-state index in [9.17, 15) is 22.7 Å². The molecule has 4 rings (SSSR count). The minimum atomic E-state index is -4.24. The molecule has 12 heteroatoms. The highest BCUT2D eigenvalue weighted by molar-refractivity contribution is 5.79. The third-order valence-corrected chi connectivity index (χ3v) is 4.97. The van der Waals surface area contributed by atoms with Gasteiger partial charge in [-0.05, 0) is 40.8 Å². The average molecular weight is 453 g/mol. The summed E-state index contributed by atoms with van der Waals surface area (Å²) < 4.78 is 85.9. The highest BCUT2D eigenvalue weighted by atomic mass is 19.3. The Hall–Kier alpha value is -3.54. The van der Waals surface area contributed by atoms with Crippen LogP contribution in [0.15, 0.2) is 54.9 Å². The van der Waals surface area contributed by atoms with E-state index in [-0.39, 0.29) is 16.5 Å². The lowest BCUT2D eigenvalue weighted by Gasteiger charge is -2.35. The van der Waals surface area contributed by atoms with Gasteiger partial charge in [0.1, 0.15) is 23.7 Å². The molecule has 2 aromatic heterocycles. The Morgan fingerprint density at radius 3 is 2.44 bits per heavy atom. The van der Waals surface area contributed by atoms with Crippen molar-refractivity contribution in [1.82, 2.24) is 25.2 Å². The molecule has 0 spiro atoms. The maximum Gasteiger partial charge on any atom is 0.323 e. The van der Waals surface area contributed by atoms with E-state index in [1.807, 2.05) is 0 Å². The predicted octanol–water partition coefficient (Wildman–Crippen LogP) is 4.12. The highest BCUT2D eigenvalue weighted by Crippen LogP contribution is 2.47. The maximum atomic E-state index is 15.7. The largest absolute Gasteiger partial charge is 0.377 e. The fourth-order valence-corrected chi connectivity index (χ4v) is 3.33. The zero-order valence-electron chi connectivity index (χ0n) is 15.9. The molecule has 0 radical (unpaired) electrons. The zero-order chi connectivity index (χ0) is 23.1. The van der Waals surface area contributed by atoms with Crippen LogP contribution in [0.5, 0.6) is 0 Å². The highest BCUT2D eigenvalue weighted by Gasteiger charge is 2.58. The minimum Gasteiger partial charge on any atom is -0.377 e. The molecule has 1 N–H and O–H groups in total. The number of pyridine rings is 1. The number of benzene rings is 2. The van der Waals surface area contributed by atoms with Gasteiger partial charge >= 0.3 is 5.92 Å². The van der Waals surface area contributed by atoms with Crippen molar-refractivity contribution in [2.75, 3.05) is 0 Å². The second kappa shape index (κ2) is 7.86. The van der Waals surface area contributed by atoms with E-state index in [0.29, 0.717) is 12.1 Å². The van der Waals surface area contributed by atoms with Gasteiger partial charge in [-0.25, -0.2) is 27.2 Å². The second-order valence-corrected chi connectivity index (χ2v) is 7.02. The van der Waals surface area contributed by atoms with Crippen molar-refractivity contribution in [2.45, 2.75) is 24.5 Å². The zero-order valence-corrected chi connectivity index (χ0v) is 15.9. The van der Waals surface area contributed by atoms with Crippen molar-refractivity contribution in [2.24, 2.45) is 0 Å². The van der Waals surface area contributed by atoms with E-state index in [0.717, 1.165) is 47.4 Å². The van der Waals surface area contributed by atoms with Gasteiger partial charge in [0.15, 0.2) is 5.60 Å². The van der Waals surface area contributed by atoms with E-state index < -0.39 is 47.4 Å².